The van der Waals surface area contributed by atoms with Crippen molar-refractivity contribution < 1.29 is 14.7 Å². The molecule has 4 heteroatoms. The third kappa shape index (κ3) is 6.22. The Labute approximate surface area is 84.0 Å². The van der Waals surface area contributed by atoms with Crippen molar-refractivity contribution in [1.82, 2.24) is 5.32 Å². The van der Waals surface area contributed by atoms with Crippen LogP contribution in [0.2, 0.25) is 0 Å². The SMILES string of the molecule is C=CC(=O)NCCCCC(C)C(=O)O. The van der Waals surface area contributed by atoms with E-state index in [-0.39, 0.29) is 11.8 Å². The van der Waals surface area contributed by atoms with E-state index < -0.39 is 5.97 Å². The first-order valence-electron chi connectivity index (χ1n) is 4.71. The molecule has 0 heterocycles. The second-order valence-corrected chi connectivity index (χ2v) is 3.23. The van der Waals surface area contributed by atoms with Gasteiger partial charge in [0.05, 0.1) is 5.92 Å². The van der Waals surface area contributed by atoms with Crippen LogP contribution >= 0.6 is 0 Å². The van der Waals surface area contributed by atoms with Crippen molar-refractivity contribution in [2.45, 2.75) is 26.2 Å². The van der Waals surface area contributed by atoms with Crippen LogP contribution in [-0.4, -0.2) is 23.5 Å². The second-order valence-electron chi connectivity index (χ2n) is 3.23. The van der Waals surface area contributed by atoms with E-state index >= 15 is 0 Å². The first-order valence-corrected chi connectivity index (χ1v) is 4.71. The second kappa shape index (κ2) is 7.12. The van der Waals surface area contributed by atoms with Crippen LogP contribution in [0.3, 0.4) is 0 Å². The summed E-state index contributed by atoms with van der Waals surface area (Å²) in [4.78, 5) is 21.1. The maximum Gasteiger partial charge on any atom is 0.306 e. The van der Waals surface area contributed by atoms with Gasteiger partial charge in [-0.15, -0.1) is 0 Å². The van der Waals surface area contributed by atoms with Gasteiger partial charge < -0.3 is 10.4 Å². The molecule has 0 fully saturated rings. The quantitative estimate of drug-likeness (QED) is 0.478. The lowest BCUT2D eigenvalue weighted by Gasteiger charge is -2.05. The van der Waals surface area contributed by atoms with Gasteiger partial charge in [-0.05, 0) is 18.9 Å². The summed E-state index contributed by atoms with van der Waals surface area (Å²) in [5, 5.41) is 11.2. The van der Waals surface area contributed by atoms with E-state index in [0.717, 1.165) is 12.8 Å². The number of hydrogen-bond donors (Lipinski definition) is 2. The molecule has 4 nitrogen and oxygen atoms in total. The van der Waals surface area contributed by atoms with Crippen LogP contribution in [0, 0.1) is 5.92 Å². The number of rotatable bonds is 7. The Morgan fingerprint density at radius 1 is 1.50 bits per heavy atom. The minimum Gasteiger partial charge on any atom is -0.481 e. The molecule has 0 aromatic heterocycles. The Balaban J connectivity index is 3.34. The van der Waals surface area contributed by atoms with Crippen molar-refractivity contribution in [1.29, 1.82) is 0 Å². The van der Waals surface area contributed by atoms with Gasteiger partial charge in [0.2, 0.25) is 5.91 Å². The lowest BCUT2D eigenvalue weighted by atomic mass is 10.0. The highest BCUT2D eigenvalue weighted by Crippen LogP contribution is 2.06. The summed E-state index contributed by atoms with van der Waals surface area (Å²) in [7, 11) is 0. The molecule has 0 aromatic carbocycles. The number of nitrogens with one attached hydrogen (secondary N) is 1. The summed E-state index contributed by atoms with van der Waals surface area (Å²) in [6.45, 7) is 5.59. The molecule has 0 rings (SSSR count). The monoisotopic (exact) mass is 199 g/mol. The fourth-order valence-corrected chi connectivity index (χ4v) is 0.983. The van der Waals surface area contributed by atoms with Crippen LogP contribution in [0.25, 0.3) is 0 Å². The minimum absolute atomic E-state index is 0.184. The Morgan fingerprint density at radius 2 is 2.14 bits per heavy atom. The van der Waals surface area contributed by atoms with Crippen molar-refractivity contribution in [3.63, 3.8) is 0 Å². The van der Waals surface area contributed by atoms with Gasteiger partial charge in [0, 0.05) is 6.54 Å². The maximum absolute atomic E-state index is 10.7. The number of carboxylic acid groups (broad SMARTS) is 1. The predicted molar refractivity (Wildman–Crippen MR) is 53.9 cm³/mol. The van der Waals surface area contributed by atoms with Crippen molar-refractivity contribution in [2.75, 3.05) is 6.54 Å². The Bertz CT molecular complexity index is 213. The van der Waals surface area contributed by atoms with E-state index in [1.165, 1.54) is 6.08 Å². The van der Waals surface area contributed by atoms with Crippen LogP contribution in [0.5, 0.6) is 0 Å². The van der Waals surface area contributed by atoms with E-state index in [1.54, 1.807) is 6.92 Å². The van der Waals surface area contributed by atoms with Gasteiger partial charge in [-0.25, -0.2) is 0 Å². The van der Waals surface area contributed by atoms with Crippen molar-refractivity contribution in [3.8, 4) is 0 Å². The molecular formula is C10H17NO3. The van der Waals surface area contributed by atoms with Gasteiger partial charge in [-0.1, -0.05) is 19.9 Å². The molecule has 0 aromatic rings. The lowest BCUT2D eigenvalue weighted by molar-refractivity contribution is -0.141. The van der Waals surface area contributed by atoms with Crippen LogP contribution in [0.4, 0.5) is 0 Å². The third-order valence-corrected chi connectivity index (χ3v) is 1.97. The molecule has 0 radical (unpaired) electrons. The average Bonchev–Trinajstić information content (AvgIpc) is 2.16. The first-order chi connectivity index (χ1) is 6.57. The fraction of sp³-hybridized carbons (Fsp3) is 0.600. The lowest BCUT2D eigenvalue weighted by Crippen LogP contribution is -2.22. The summed E-state index contributed by atoms with van der Waals surface area (Å²) in [6, 6.07) is 0. The number of hydrogen-bond acceptors (Lipinski definition) is 2. The highest BCUT2D eigenvalue weighted by Gasteiger charge is 2.09. The molecule has 1 atom stereocenters. The van der Waals surface area contributed by atoms with E-state index in [4.69, 9.17) is 5.11 Å². The topological polar surface area (TPSA) is 66.4 Å². The number of carbonyl (C=O) groups is 2. The minimum atomic E-state index is -0.764. The summed E-state index contributed by atoms with van der Waals surface area (Å²) in [6.07, 6.45) is 3.49. The predicted octanol–water partition coefficient (Wildman–Crippen LogP) is 1.18. The molecule has 0 saturated heterocycles. The summed E-state index contributed by atoms with van der Waals surface area (Å²) in [5.41, 5.74) is 0. The molecule has 0 aliphatic carbocycles. The summed E-state index contributed by atoms with van der Waals surface area (Å²) < 4.78 is 0. The van der Waals surface area contributed by atoms with E-state index in [1.807, 2.05) is 0 Å². The van der Waals surface area contributed by atoms with Crippen molar-refractivity contribution >= 4 is 11.9 Å². The zero-order valence-electron chi connectivity index (χ0n) is 8.45. The molecule has 1 amide bonds. The highest BCUT2D eigenvalue weighted by molar-refractivity contribution is 5.86. The molecule has 0 aliphatic heterocycles. The molecule has 0 spiro atoms. The van der Waals surface area contributed by atoms with E-state index in [2.05, 4.69) is 11.9 Å². The zero-order chi connectivity index (χ0) is 11.0. The van der Waals surface area contributed by atoms with Crippen molar-refractivity contribution in [3.05, 3.63) is 12.7 Å². The van der Waals surface area contributed by atoms with Crippen LogP contribution in [0.15, 0.2) is 12.7 Å². The standard InChI is InChI=1S/C10H17NO3/c1-3-9(12)11-7-5-4-6-8(2)10(13)14/h3,8H,1,4-7H2,2H3,(H,11,12)(H,13,14). The first kappa shape index (κ1) is 12.7. The highest BCUT2D eigenvalue weighted by atomic mass is 16.4. The largest absolute Gasteiger partial charge is 0.481 e. The van der Waals surface area contributed by atoms with E-state index in [0.29, 0.717) is 13.0 Å². The fourth-order valence-electron chi connectivity index (χ4n) is 0.983. The Kier molecular flexibility index (Phi) is 6.45. The molecule has 80 valence electrons. The molecule has 14 heavy (non-hydrogen) atoms. The number of carboxylic acids is 1. The van der Waals surface area contributed by atoms with Gasteiger partial charge >= 0.3 is 5.97 Å². The number of amides is 1. The summed E-state index contributed by atoms with van der Waals surface area (Å²) >= 11 is 0. The van der Waals surface area contributed by atoms with Crippen LogP contribution < -0.4 is 5.32 Å². The zero-order valence-corrected chi connectivity index (χ0v) is 8.45. The van der Waals surface area contributed by atoms with Gasteiger partial charge in [0.25, 0.3) is 0 Å². The molecule has 0 bridgehead atoms. The van der Waals surface area contributed by atoms with Gasteiger partial charge in [-0.3, -0.25) is 9.59 Å². The summed E-state index contributed by atoms with van der Waals surface area (Å²) in [5.74, 6) is -1.25. The average molecular weight is 199 g/mol. The number of carbonyl (C=O) groups excluding carboxylic acids is 1. The molecular weight excluding hydrogens is 182 g/mol. The number of unbranched alkanes of at least 4 members (excludes halogenated alkanes) is 1. The Morgan fingerprint density at radius 3 is 2.64 bits per heavy atom. The molecule has 0 aliphatic rings. The smallest absolute Gasteiger partial charge is 0.306 e. The maximum atomic E-state index is 10.7. The van der Waals surface area contributed by atoms with Crippen molar-refractivity contribution in [2.24, 2.45) is 5.92 Å². The van der Waals surface area contributed by atoms with Gasteiger partial charge in [-0.2, -0.15) is 0 Å². The van der Waals surface area contributed by atoms with Gasteiger partial charge in [0.15, 0.2) is 0 Å². The normalized spacial score (nSPS) is 11.8. The van der Waals surface area contributed by atoms with Crippen LogP contribution in [0.1, 0.15) is 26.2 Å². The van der Waals surface area contributed by atoms with E-state index in [9.17, 15) is 9.59 Å². The third-order valence-electron chi connectivity index (χ3n) is 1.97. The Hall–Kier alpha value is -1.32. The number of aliphatic carboxylic acids is 1. The van der Waals surface area contributed by atoms with Gasteiger partial charge in [0.1, 0.15) is 0 Å². The van der Waals surface area contributed by atoms with Crippen LogP contribution in [-0.2, 0) is 9.59 Å². The molecule has 0 saturated carbocycles. The molecule has 1 unspecified atom stereocenters. The molecule has 2 N–H and O–H groups in total.